The molecule has 141 valence electrons. The minimum absolute atomic E-state index is 0.0695. The number of nitrogens with one attached hydrogen (secondary N) is 1. The van der Waals surface area contributed by atoms with E-state index < -0.39 is 0 Å². The van der Waals surface area contributed by atoms with Gasteiger partial charge in [0, 0.05) is 26.2 Å². The second-order valence-electron chi connectivity index (χ2n) is 7.00. The number of imidazole rings is 2. The van der Waals surface area contributed by atoms with Crippen molar-refractivity contribution in [3.63, 3.8) is 0 Å². The third-order valence-electron chi connectivity index (χ3n) is 5.48. The summed E-state index contributed by atoms with van der Waals surface area (Å²) in [5, 5.41) is 0. The first-order valence-electron chi connectivity index (χ1n) is 9.17. The lowest BCUT2D eigenvalue weighted by Gasteiger charge is -2.33. The number of carbonyl (C=O) groups excluding carboxylic acids is 1. The number of aromatic amines is 1. The average Bonchev–Trinajstić information content (AvgIpc) is 3.24. The fourth-order valence-electron chi connectivity index (χ4n) is 4.08. The van der Waals surface area contributed by atoms with Crippen LogP contribution in [0.3, 0.4) is 0 Å². The zero-order valence-electron chi connectivity index (χ0n) is 15.3. The molecule has 0 amide bonds. The summed E-state index contributed by atoms with van der Waals surface area (Å²) in [5.41, 5.74) is 2.94. The molecule has 1 aliphatic heterocycles. The van der Waals surface area contributed by atoms with Crippen molar-refractivity contribution in [3.8, 4) is 0 Å². The Morgan fingerprint density at radius 1 is 1.18 bits per heavy atom. The van der Waals surface area contributed by atoms with E-state index in [1.54, 1.807) is 11.6 Å². The molecule has 9 heteroatoms. The van der Waals surface area contributed by atoms with Crippen molar-refractivity contribution in [2.24, 2.45) is 7.05 Å². The minimum atomic E-state index is -0.0695. The first kappa shape index (κ1) is 16.7. The van der Waals surface area contributed by atoms with Crippen molar-refractivity contribution in [3.05, 3.63) is 46.9 Å². The number of H-pyrrole nitrogens is 1. The number of hydrogen-bond donors (Lipinski definition) is 1. The van der Waals surface area contributed by atoms with Gasteiger partial charge in [-0.05, 0) is 25.0 Å². The van der Waals surface area contributed by atoms with Crippen molar-refractivity contribution >= 4 is 34.3 Å². The van der Waals surface area contributed by atoms with Gasteiger partial charge in [-0.2, -0.15) is 0 Å². The largest absolute Gasteiger partial charge is 0.355 e. The molecule has 4 aromatic rings. The van der Waals surface area contributed by atoms with Crippen LogP contribution in [0.1, 0.15) is 24.7 Å². The number of rotatable bonds is 3. The third kappa shape index (κ3) is 2.43. The summed E-state index contributed by atoms with van der Waals surface area (Å²) in [7, 11) is 1.74. The molecule has 0 saturated carbocycles. The maximum absolute atomic E-state index is 12.5. The molecule has 0 spiro atoms. The van der Waals surface area contributed by atoms with Crippen LogP contribution < -0.4 is 10.6 Å². The van der Waals surface area contributed by atoms with Gasteiger partial charge in [0.05, 0.1) is 11.0 Å². The van der Waals surface area contributed by atoms with Crippen molar-refractivity contribution in [2.75, 3.05) is 18.0 Å². The van der Waals surface area contributed by atoms with Gasteiger partial charge in [-0.15, -0.1) is 0 Å². The van der Waals surface area contributed by atoms with Crippen molar-refractivity contribution < 1.29 is 4.79 Å². The lowest BCUT2D eigenvalue weighted by atomic mass is 10.0. The van der Waals surface area contributed by atoms with Crippen LogP contribution in [0.4, 0.5) is 5.82 Å². The number of piperidine rings is 1. The smallest absolute Gasteiger partial charge is 0.326 e. The number of nitrogens with zero attached hydrogens (tertiary/aromatic N) is 6. The fourth-order valence-corrected chi connectivity index (χ4v) is 4.08. The van der Waals surface area contributed by atoms with Gasteiger partial charge in [-0.3, -0.25) is 9.36 Å². The van der Waals surface area contributed by atoms with E-state index in [2.05, 4.69) is 24.8 Å². The van der Waals surface area contributed by atoms with Gasteiger partial charge in [0.15, 0.2) is 22.8 Å². The Kier molecular flexibility index (Phi) is 3.75. The molecule has 1 aromatic carbocycles. The summed E-state index contributed by atoms with van der Waals surface area (Å²) in [4.78, 5) is 41.6. The van der Waals surface area contributed by atoms with E-state index in [9.17, 15) is 9.59 Å². The summed E-state index contributed by atoms with van der Waals surface area (Å²) in [5.74, 6) is 0.920. The standard InChI is InChI=1S/C19H18N7O2/c1-24-15(10-27)23-16-17(24)20-11-21-18(16)25-8-6-12(7-9-25)26-14-5-3-2-4-13(14)22-19(26)28/h2-5,11-12H,6-9H2,1H3,(H,22,28). The van der Waals surface area contributed by atoms with E-state index in [0.29, 0.717) is 17.0 Å². The molecule has 3 aromatic heterocycles. The van der Waals surface area contributed by atoms with Gasteiger partial charge >= 0.3 is 5.69 Å². The molecule has 0 bridgehead atoms. The first-order chi connectivity index (χ1) is 13.7. The molecule has 1 saturated heterocycles. The molecule has 1 fully saturated rings. The van der Waals surface area contributed by atoms with Crippen molar-refractivity contribution in [1.29, 1.82) is 0 Å². The highest BCUT2D eigenvalue weighted by molar-refractivity contribution is 5.88. The number of anilines is 1. The number of fused-ring (bicyclic) bond motifs is 2. The number of aromatic nitrogens is 6. The van der Waals surface area contributed by atoms with E-state index in [0.717, 1.165) is 37.0 Å². The van der Waals surface area contributed by atoms with Gasteiger partial charge in [0.1, 0.15) is 6.33 Å². The van der Waals surface area contributed by atoms with E-state index in [4.69, 9.17) is 0 Å². The van der Waals surface area contributed by atoms with Gasteiger partial charge in [-0.25, -0.2) is 19.7 Å². The molecule has 0 unspecified atom stereocenters. The number of hydrogen-bond acceptors (Lipinski definition) is 6. The van der Waals surface area contributed by atoms with Crippen LogP contribution in [0, 0.1) is 0 Å². The lowest BCUT2D eigenvalue weighted by molar-refractivity contribution is 0.395. The number of para-hydroxylation sites is 2. The highest BCUT2D eigenvalue weighted by atomic mass is 16.1. The first-order valence-corrected chi connectivity index (χ1v) is 9.17. The Labute approximate surface area is 159 Å². The normalized spacial score (nSPS) is 15.5. The summed E-state index contributed by atoms with van der Waals surface area (Å²) in [6.07, 6.45) is 4.95. The second-order valence-corrected chi connectivity index (χ2v) is 7.00. The average molecular weight is 376 g/mol. The maximum atomic E-state index is 12.5. The molecule has 9 nitrogen and oxygen atoms in total. The van der Waals surface area contributed by atoms with Gasteiger partial charge in [0.2, 0.25) is 0 Å². The van der Waals surface area contributed by atoms with Crippen LogP contribution in [-0.4, -0.2) is 48.4 Å². The number of benzene rings is 1. The topological polar surface area (TPSA) is 102 Å². The fraction of sp³-hybridized carbons (Fsp3) is 0.316. The highest BCUT2D eigenvalue weighted by Gasteiger charge is 2.26. The molecule has 4 heterocycles. The molecule has 0 aliphatic carbocycles. The van der Waals surface area contributed by atoms with Gasteiger partial charge in [0.25, 0.3) is 6.29 Å². The monoisotopic (exact) mass is 376 g/mol. The van der Waals surface area contributed by atoms with E-state index in [-0.39, 0.29) is 17.6 Å². The summed E-state index contributed by atoms with van der Waals surface area (Å²) < 4.78 is 3.48. The van der Waals surface area contributed by atoms with Crippen LogP contribution in [0.25, 0.3) is 22.2 Å². The molecule has 0 atom stereocenters. The molecule has 1 radical (unpaired) electrons. The van der Waals surface area contributed by atoms with E-state index in [1.165, 1.54) is 6.33 Å². The minimum Gasteiger partial charge on any atom is -0.355 e. The Morgan fingerprint density at radius 2 is 1.96 bits per heavy atom. The van der Waals surface area contributed by atoms with Gasteiger partial charge in [-0.1, -0.05) is 12.1 Å². The predicted octanol–water partition coefficient (Wildman–Crippen LogP) is 1.31. The highest BCUT2D eigenvalue weighted by Crippen LogP contribution is 2.29. The number of aryl methyl sites for hydroxylation is 1. The molecule has 5 rings (SSSR count). The Morgan fingerprint density at radius 3 is 2.75 bits per heavy atom. The zero-order valence-corrected chi connectivity index (χ0v) is 15.3. The lowest BCUT2D eigenvalue weighted by Crippen LogP contribution is -2.37. The van der Waals surface area contributed by atoms with Crippen LogP contribution in [0.2, 0.25) is 0 Å². The van der Waals surface area contributed by atoms with Gasteiger partial charge < -0.3 is 14.5 Å². The summed E-state index contributed by atoms with van der Waals surface area (Å²) >= 11 is 0. The Bertz CT molecular complexity index is 1240. The Balaban J connectivity index is 1.45. The SMILES string of the molecule is Cn1c([C]=O)nc2c(N3CCC(n4c(=O)[nH]c5ccccc54)CC3)ncnc21. The van der Waals surface area contributed by atoms with Crippen LogP contribution >= 0.6 is 0 Å². The molecular weight excluding hydrogens is 358 g/mol. The molecule has 1 aliphatic rings. The van der Waals surface area contributed by atoms with Crippen molar-refractivity contribution in [1.82, 2.24) is 29.1 Å². The zero-order chi connectivity index (χ0) is 19.3. The van der Waals surface area contributed by atoms with E-state index in [1.807, 2.05) is 35.1 Å². The molecular formula is C19H18N7O2. The van der Waals surface area contributed by atoms with Crippen LogP contribution in [-0.2, 0) is 11.8 Å². The second kappa shape index (κ2) is 6.29. The third-order valence-corrected chi connectivity index (χ3v) is 5.48. The van der Waals surface area contributed by atoms with Crippen molar-refractivity contribution in [2.45, 2.75) is 18.9 Å². The predicted molar refractivity (Wildman–Crippen MR) is 104 cm³/mol. The quantitative estimate of drug-likeness (QED) is 0.578. The summed E-state index contributed by atoms with van der Waals surface area (Å²) in [6.45, 7) is 1.47. The van der Waals surface area contributed by atoms with E-state index >= 15 is 0 Å². The maximum Gasteiger partial charge on any atom is 0.326 e. The molecule has 1 N–H and O–H groups in total. The Hall–Kier alpha value is -3.49. The summed E-state index contributed by atoms with van der Waals surface area (Å²) in [6, 6.07) is 7.88. The van der Waals surface area contributed by atoms with Crippen LogP contribution in [0.5, 0.6) is 0 Å². The van der Waals surface area contributed by atoms with Crippen LogP contribution in [0.15, 0.2) is 35.4 Å². The molecule has 28 heavy (non-hydrogen) atoms.